The lowest BCUT2D eigenvalue weighted by Crippen LogP contribution is -2.27. The van der Waals surface area contributed by atoms with Crippen LogP contribution in [0.15, 0.2) is 30.6 Å². The van der Waals surface area contributed by atoms with Gasteiger partial charge in [-0.1, -0.05) is 18.2 Å². The molecule has 0 unspecified atom stereocenters. The molecule has 0 atom stereocenters. The maximum atomic E-state index is 12.6. The molecule has 2 aliphatic rings. The number of amides is 1. The van der Waals surface area contributed by atoms with E-state index in [1.807, 2.05) is 0 Å². The number of aromatic amines is 1. The Bertz CT molecular complexity index is 1030. The number of anilines is 2. The molecular formula is C19H19N7O. The van der Waals surface area contributed by atoms with Crippen LogP contribution in [0.5, 0.6) is 0 Å². The van der Waals surface area contributed by atoms with Crippen LogP contribution in [-0.4, -0.2) is 32.4 Å². The van der Waals surface area contributed by atoms with Crippen molar-refractivity contribution in [2.45, 2.75) is 25.9 Å². The molecule has 1 aromatic carbocycles. The molecule has 4 N–H and O–H groups in total. The molecule has 136 valence electrons. The number of nitrogens with one attached hydrogen (secondary N) is 2. The maximum Gasteiger partial charge on any atom is 0.233 e. The standard InChI is InChI=1S/C19H19N7O/c20-16-14-8-15(27)26(19(14)25-18(24-16)17-22-5-6-23-17)10-11-1-2-12-3-4-21-9-13(12)7-11/h1-2,5-7,21H,3-4,8-10H2,(H,22,23)(H2,20,24,25). The van der Waals surface area contributed by atoms with Gasteiger partial charge in [-0.15, -0.1) is 0 Å². The zero-order chi connectivity index (χ0) is 18.4. The number of carbonyl (C=O) groups excluding carboxylic acids is 1. The van der Waals surface area contributed by atoms with Gasteiger partial charge in [0.2, 0.25) is 5.91 Å². The van der Waals surface area contributed by atoms with Crippen LogP contribution in [0.2, 0.25) is 0 Å². The number of nitrogen functional groups attached to an aromatic ring is 1. The van der Waals surface area contributed by atoms with E-state index >= 15 is 0 Å². The molecule has 27 heavy (non-hydrogen) atoms. The second kappa shape index (κ2) is 6.17. The van der Waals surface area contributed by atoms with Crippen molar-refractivity contribution >= 4 is 17.5 Å². The fourth-order valence-corrected chi connectivity index (χ4v) is 3.72. The molecule has 0 saturated carbocycles. The third-order valence-corrected chi connectivity index (χ3v) is 5.11. The summed E-state index contributed by atoms with van der Waals surface area (Å²) in [4.78, 5) is 30.4. The fourth-order valence-electron chi connectivity index (χ4n) is 3.72. The van der Waals surface area contributed by atoms with E-state index in [1.54, 1.807) is 17.3 Å². The summed E-state index contributed by atoms with van der Waals surface area (Å²) in [5.41, 5.74) is 10.5. The molecule has 8 nitrogen and oxygen atoms in total. The van der Waals surface area contributed by atoms with E-state index in [0.29, 0.717) is 35.4 Å². The number of imidazole rings is 1. The minimum Gasteiger partial charge on any atom is -0.383 e. The summed E-state index contributed by atoms with van der Waals surface area (Å²) in [6.07, 6.45) is 4.60. The van der Waals surface area contributed by atoms with E-state index in [0.717, 1.165) is 25.1 Å². The van der Waals surface area contributed by atoms with Crippen LogP contribution < -0.4 is 16.0 Å². The Morgan fingerprint density at radius 2 is 2.15 bits per heavy atom. The number of hydrogen-bond donors (Lipinski definition) is 3. The number of nitrogens with two attached hydrogens (primary N) is 1. The number of H-pyrrole nitrogens is 1. The number of carbonyl (C=O) groups is 1. The topological polar surface area (TPSA) is 113 Å². The first-order valence-electron chi connectivity index (χ1n) is 8.97. The van der Waals surface area contributed by atoms with E-state index in [-0.39, 0.29) is 12.3 Å². The predicted octanol–water partition coefficient (Wildman–Crippen LogP) is 1.18. The Balaban J connectivity index is 1.51. The van der Waals surface area contributed by atoms with Crippen LogP contribution in [0.3, 0.4) is 0 Å². The van der Waals surface area contributed by atoms with Gasteiger partial charge in [0.05, 0.1) is 13.0 Å². The van der Waals surface area contributed by atoms with Crippen molar-refractivity contribution in [3.63, 3.8) is 0 Å². The maximum absolute atomic E-state index is 12.6. The highest BCUT2D eigenvalue weighted by atomic mass is 16.2. The molecule has 0 aliphatic carbocycles. The molecule has 1 amide bonds. The Morgan fingerprint density at radius 1 is 1.22 bits per heavy atom. The Kier molecular flexibility index (Phi) is 3.64. The number of fused-ring (bicyclic) bond motifs is 2. The SMILES string of the molecule is Nc1nc(-c2ncc[nH]2)nc2c1CC(=O)N2Cc1ccc2c(c1)CNCC2. The lowest BCUT2D eigenvalue weighted by atomic mass is 9.98. The minimum absolute atomic E-state index is 0.0153. The number of aromatic nitrogens is 4. The van der Waals surface area contributed by atoms with Gasteiger partial charge in [-0.05, 0) is 29.7 Å². The zero-order valence-electron chi connectivity index (χ0n) is 14.7. The number of hydrogen-bond acceptors (Lipinski definition) is 6. The molecule has 0 fully saturated rings. The molecule has 0 radical (unpaired) electrons. The summed E-state index contributed by atoms with van der Waals surface area (Å²) >= 11 is 0. The molecule has 2 aliphatic heterocycles. The van der Waals surface area contributed by atoms with Crippen molar-refractivity contribution in [1.29, 1.82) is 0 Å². The highest BCUT2D eigenvalue weighted by molar-refractivity contribution is 6.01. The van der Waals surface area contributed by atoms with E-state index in [9.17, 15) is 4.79 Å². The second-order valence-electron chi connectivity index (χ2n) is 6.86. The molecule has 8 heteroatoms. The summed E-state index contributed by atoms with van der Waals surface area (Å²) in [6.45, 7) is 2.34. The Hall–Kier alpha value is -3.26. The van der Waals surface area contributed by atoms with Crippen LogP contribution in [-0.2, 0) is 30.7 Å². The van der Waals surface area contributed by atoms with Crippen molar-refractivity contribution in [2.75, 3.05) is 17.2 Å². The van der Waals surface area contributed by atoms with E-state index in [4.69, 9.17) is 5.73 Å². The van der Waals surface area contributed by atoms with E-state index in [2.05, 4.69) is 43.5 Å². The van der Waals surface area contributed by atoms with E-state index in [1.165, 1.54) is 11.1 Å². The molecule has 0 bridgehead atoms. The minimum atomic E-state index is -0.0153. The summed E-state index contributed by atoms with van der Waals surface area (Å²) in [5, 5.41) is 3.39. The smallest absolute Gasteiger partial charge is 0.233 e. The molecular weight excluding hydrogens is 342 g/mol. The van der Waals surface area contributed by atoms with Gasteiger partial charge < -0.3 is 16.0 Å². The average Bonchev–Trinajstić information content (AvgIpc) is 3.31. The monoisotopic (exact) mass is 361 g/mol. The lowest BCUT2D eigenvalue weighted by Gasteiger charge is -2.21. The van der Waals surface area contributed by atoms with Gasteiger partial charge >= 0.3 is 0 Å². The first-order valence-corrected chi connectivity index (χ1v) is 8.97. The summed E-state index contributed by atoms with van der Waals surface area (Å²) in [7, 11) is 0. The predicted molar refractivity (Wildman–Crippen MR) is 101 cm³/mol. The van der Waals surface area contributed by atoms with Crippen molar-refractivity contribution in [3.8, 4) is 11.6 Å². The van der Waals surface area contributed by atoms with Crippen LogP contribution in [0, 0.1) is 0 Å². The summed E-state index contributed by atoms with van der Waals surface area (Å²) in [5.74, 6) is 1.82. The number of rotatable bonds is 3. The van der Waals surface area contributed by atoms with Crippen LogP contribution in [0.25, 0.3) is 11.6 Å². The molecule has 4 heterocycles. The molecule has 5 rings (SSSR count). The molecule has 0 saturated heterocycles. The highest BCUT2D eigenvalue weighted by Gasteiger charge is 2.32. The summed E-state index contributed by atoms with van der Waals surface area (Å²) < 4.78 is 0. The van der Waals surface area contributed by atoms with Crippen molar-refractivity contribution < 1.29 is 4.79 Å². The number of benzene rings is 1. The van der Waals surface area contributed by atoms with E-state index < -0.39 is 0 Å². The van der Waals surface area contributed by atoms with Gasteiger partial charge in [0.25, 0.3) is 0 Å². The van der Waals surface area contributed by atoms with Gasteiger partial charge in [-0.2, -0.15) is 0 Å². The average molecular weight is 361 g/mol. The highest BCUT2D eigenvalue weighted by Crippen LogP contribution is 2.33. The van der Waals surface area contributed by atoms with Gasteiger partial charge in [-0.25, -0.2) is 15.0 Å². The fraction of sp³-hybridized carbons (Fsp3) is 0.263. The van der Waals surface area contributed by atoms with Gasteiger partial charge in [-0.3, -0.25) is 9.69 Å². The quantitative estimate of drug-likeness (QED) is 0.646. The normalized spacial score (nSPS) is 15.7. The van der Waals surface area contributed by atoms with Crippen LogP contribution in [0.1, 0.15) is 22.3 Å². The molecule has 0 spiro atoms. The third-order valence-electron chi connectivity index (χ3n) is 5.11. The molecule has 2 aromatic heterocycles. The largest absolute Gasteiger partial charge is 0.383 e. The lowest BCUT2D eigenvalue weighted by molar-refractivity contribution is -0.117. The second-order valence-corrected chi connectivity index (χ2v) is 6.86. The van der Waals surface area contributed by atoms with Crippen molar-refractivity contribution in [1.82, 2.24) is 25.3 Å². The Morgan fingerprint density at radius 3 is 3.00 bits per heavy atom. The first kappa shape index (κ1) is 16.0. The van der Waals surface area contributed by atoms with Gasteiger partial charge in [0.1, 0.15) is 11.6 Å². The molecule has 3 aromatic rings. The van der Waals surface area contributed by atoms with Crippen molar-refractivity contribution in [2.24, 2.45) is 0 Å². The summed E-state index contributed by atoms with van der Waals surface area (Å²) in [6, 6.07) is 6.42. The van der Waals surface area contributed by atoms with Crippen LogP contribution >= 0.6 is 0 Å². The Labute approximate surface area is 155 Å². The van der Waals surface area contributed by atoms with Gasteiger partial charge in [0.15, 0.2) is 11.6 Å². The zero-order valence-corrected chi connectivity index (χ0v) is 14.7. The first-order chi connectivity index (χ1) is 13.2. The van der Waals surface area contributed by atoms with Crippen LogP contribution in [0.4, 0.5) is 11.6 Å². The van der Waals surface area contributed by atoms with Gasteiger partial charge in [0, 0.05) is 24.5 Å². The third kappa shape index (κ3) is 2.74. The number of nitrogens with zero attached hydrogens (tertiary/aromatic N) is 4. The van der Waals surface area contributed by atoms with Crippen molar-refractivity contribution in [3.05, 3.63) is 52.8 Å².